The molecular weight excluding hydrogens is 460 g/mol. The quantitative estimate of drug-likeness (QED) is 0.645. The lowest BCUT2D eigenvalue weighted by molar-refractivity contribution is -0.133. The first-order valence-electron chi connectivity index (χ1n) is 8.63. The number of hydrogen-bond donors (Lipinski definition) is 2. The molecule has 1 aromatic carbocycles. The van der Waals surface area contributed by atoms with E-state index in [2.05, 4.69) is 26.6 Å². The van der Waals surface area contributed by atoms with Gasteiger partial charge in [-0.15, -0.1) is 11.3 Å². The third kappa shape index (κ3) is 4.18. The Hall–Kier alpha value is -2.72. The topological polar surface area (TPSA) is 98.8 Å². The zero-order valence-electron chi connectivity index (χ0n) is 16.0. The number of anilines is 1. The first-order chi connectivity index (χ1) is 13.6. The summed E-state index contributed by atoms with van der Waals surface area (Å²) in [5, 5.41) is 5.30. The monoisotopic (exact) mass is 478 g/mol. The fraction of sp³-hybridized carbons (Fsp3) is 0.263. The van der Waals surface area contributed by atoms with E-state index in [1.165, 1.54) is 16.2 Å². The van der Waals surface area contributed by atoms with Crippen molar-refractivity contribution >= 4 is 56.7 Å². The average Bonchev–Trinajstić information content (AvgIpc) is 3.20. The SMILES string of the molecule is CN(C)C(=O)c1ccc(NC(=O)CN2C(=O)NC(C)(c3ccc(Br)s3)C2=O)cc1. The molecule has 2 heterocycles. The van der Waals surface area contributed by atoms with Gasteiger partial charge in [0.05, 0.1) is 3.79 Å². The molecule has 1 fully saturated rings. The molecule has 10 heteroatoms. The minimum Gasteiger partial charge on any atom is -0.345 e. The fourth-order valence-corrected chi connectivity index (χ4v) is 4.37. The summed E-state index contributed by atoms with van der Waals surface area (Å²) in [4.78, 5) is 52.4. The molecule has 1 aromatic heterocycles. The van der Waals surface area contributed by atoms with Gasteiger partial charge in [-0.2, -0.15) is 0 Å². The van der Waals surface area contributed by atoms with Gasteiger partial charge >= 0.3 is 6.03 Å². The predicted molar refractivity (Wildman–Crippen MR) is 113 cm³/mol. The number of nitrogens with zero attached hydrogens (tertiary/aromatic N) is 2. The van der Waals surface area contributed by atoms with Gasteiger partial charge in [0, 0.05) is 30.2 Å². The molecule has 8 nitrogen and oxygen atoms in total. The number of carbonyl (C=O) groups is 4. The molecular formula is C19H19BrN4O4S. The predicted octanol–water partition coefficient (Wildman–Crippen LogP) is 2.62. The van der Waals surface area contributed by atoms with Gasteiger partial charge in [0.1, 0.15) is 6.54 Å². The van der Waals surface area contributed by atoms with E-state index in [0.29, 0.717) is 16.1 Å². The summed E-state index contributed by atoms with van der Waals surface area (Å²) < 4.78 is 0.836. The van der Waals surface area contributed by atoms with Gasteiger partial charge in [-0.1, -0.05) is 0 Å². The molecule has 1 aliphatic rings. The molecule has 1 unspecified atom stereocenters. The van der Waals surface area contributed by atoms with Crippen LogP contribution in [-0.4, -0.2) is 54.2 Å². The van der Waals surface area contributed by atoms with E-state index < -0.39 is 29.9 Å². The minimum absolute atomic E-state index is 0.151. The van der Waals surface area contributed by atoms with Crippen LogP contribution in [0.1, 0.15) is 22.2 Å². The lowest BCUT2D eigenvalue weighted by Crippen LogP contribution is -2.41. The van der Waals surface area contributed by atoms with Crippen molar-refractivity contribution in [2.24, 2.45) is 0 Å². The first-order valence-corrected chi connectivity index (χ1v) is 10.2. The van der Waals surface area contributed by atoms with Crippen LogP contribution in [-0.2, 0) is 15.1 Å². The second-order valence-corrected chi connectivity index (χ2v) is 9.34. The van der Waals surface area contributed by atoms with Crippen LogP contribution in [0.25, 0.3) is 0 Å². The Morgan fingerprint density at radius 1 is 1.17 bits per heavy atom. The van der Waals surface area contributed by atoms with Gasteiger partial charge < -0.3 is 15.5 Å². The Bertz CT molecular complexity index is 988. The van der Waals surface area contributed by atoms with E-state index in [9.17, 15) is 19.2 Å². The molecule has 2 aromatic rings. The highest BCUT2D eigenvalue weighted by molar-refractivity contribution is 9.11. The molecule has 1 aliphatic heterocycles. The lowest BCUT2D eigenvalue weighted by atomic mass is 10.0. The van der Waals surface area contributed by atoms with Crippen LogP contribution in [0.2, 0.25) is 0 Å². The van der Waals surface area contributed by atoms with Crippen molar-refractivity contribution in [3.63, 3.8) is 0 Å². The smallest absolute Gasteiger partial charge is 0.325 e. The van der Waals surface area contributed by atoms with Crippen LogP contribution in [0.15, 0.2) is 40.2 Å². The van der Waals surface area contributed by atoms with Crippen molar-refractivity contribution in [2.75, 3.05) is 26.0 Å². The normalized spacial score (nSPS) is 18.6. The van der Waals surface area contributed by atoms with Crippen LogP contribution < -0.4 is 10.6 Å². The fourth-order valence-electron chi connectivity index (χ4n) is 2.89. The maximum atomic E-state index is 12.8. The summed E-state index contributed by atoms with van der Waals surface area (Å²) in [5.74, 6) is -1.16. The molecule has 3 rings (SSSR count). The third-order valence-electron chi connectivity index (χ3n) is 4.46. The first kappa shape index (κ1) is 21.0. The molecule has 0 bridgehead atoms. The molecule has 1 saturated heterocycles. The summed E-state index contributed by atoms with van der Waals surface area (Å²) in [6, 6.07) is 9.30. The number of thiophene rings is 1. The maximum Gasteiger partial charge on any atom is 0.325 e. The Morgan fingerprint density at radius 3 is 2.38 bits per heavy atom. The third-order valence-corrected chi connectivity index (χ3v) is 6.31. The van der Waals surface area contributed by atoms with E-state index >= 15 is 0 Å². The Morgan fingerprint density at radius 2 is 1.83 bits per heavy atom. The summed E-state index contributed by atoms with van der Waals surface area (Å²) in [6.07, 6.45) is 0. The number of nitrogens with one attached hydrogen (secondary N) is 2. The van der Waals surface area contributed by atoms with Crippen molar-refractivity contribution < 1.29 is 19.2 Å². The highest BCUT2D eigenvalue weighted by atomic mass is 79.9. The summed E-state index contributed by atoms with van der Waals surface area (Å²) in [6.45, 7) is 1.20. The molecule has 2 N–H and O–H groups in total. The van der Waals surface area contributed by atoms with E-state index in [-0.39, 0.29) is 5.91 Å². The van der Waals surface area contributed by atoms with Crippen LogP contribution in [0, 0.1) is 0 Å². The Balaban J connectivity index is 1.67. The van der Waals surface area contributed by atoms with Gasteiger partial charge in [-0.05, 0) is 59.3 Å². The van der Waals surface area contributed by atoms with Crippen LogP contribution >= 0.6 is 27.3 Å². The van der Waals surface area contributed by atoms with E-state index in [4.69, 9.17) is 0 Å². The zero-order valence-corrected chi connectivity index (χ0v) is 18.4. The molecule has 29 heavy (non-hydrogen) atoms. The lowest BCUT2D eigenvalue weighted by Gasteiger charge is -2.20. The molecule has 152 valence electrons. The van der Waals surface area contributed by atoms with Gasteiger partial charge in [-0.25, -0.2) is 4.79 Å². The largest absolute Gasteiger partial charge is 0.345 e. The molecule has 0 radical (unpaired) electrons. The highest BCUT2D eigenvalue weighted by Gasteiger charge is 2.50. The minimum atomic E-state index is -1.21. The average molecular weight is 479 g/mol. The Labute approximate surface area is 180 Å². The summed E-state index contributed by atoms with van der Waals surface area (Å²) in [5.41, 5.74) is -0.260. The van der Waals surface area contributed by atoms with Gasteiger partial charge in [-0.3, -0.25) is 19.3 Å². The number of amides is 5. The standard InChI is InChI=1S/C19H19BrN4O4S/c1-19(13-8-9-14(20)29-13)17(27)24(18(28)22-19)10-15(25)21-12-6-4-11(5-7-12)16(26)23(2)3/h4-9H,10H2,1-3H3,(H,21,25)(H,22,28). The van der Waals surface area contributed by atoms with Crippen molar-refractivity contribution in [3.8, 4) is 0 Å². The van der Waals surface area contributed by atoms with E-state index in [1.807, 2.05) is 0 Å². The number of imide groups is 1. The second kappa shape index (κ2) is 7.96. The molecule has 5 amide bonds. The van der Waals surface area contributed by atoms with Gasteiger partial charge in [0.2, 0.25) is 5.91 Å². The zero-order chi connectivity index (χ0) is 21.3. The molecule has 0 saturated carbocycles. The number of urea groups is 1. The molecule has 0 spiro atoms. The maximum absolute atomic E-state index is 12.8. The van der Waals surface area contributed by atoms with Crippen molar-refractivity contribution in [3.05, 3.63) is 50.6 Å². The van der Waals surface area contributed by atoms with Crippen LogP contribution in [0.3, 0.4) is 0 Å². The van der Waals surface area contributed by atoms with Crippen molar-refractivity contribution in [1.82, 2.24) is 15.1 Å². The van der Waals surface area contributed by atoms with Gasteiger partial charge in [0.25, 0.3) is 11.8 Å². The number of carbonyl (C=O) groups excluding carboxylic acids is 4. The number of benzene rings is 1. The van der Waals surface area contributed by atoms with Crippen LogP contribution in [0.4, 0.5) is 10.5 Å². The molecule has 0 aliphatic carbocycles. The highest BCUT2D eigenvalue weighted by Crippen LogP contribution is 2.35. The van der Waals surface area contributed by atoms with Crippen molar-refractivity contribution in [2.45, 2.75) is 12.5 Å². The van der Waals surface area contributed by atoms with Gasteiger partial charge in [0.15, 0.2) is 5.54 Å². The summed E-state index contributed by atoms with van der Waals surface area (Å²) in [7, 11) is 3.30. The van der Waals surface area contributed by atoms with E-state index in [0.717, 1.165) is 8.69 Å². The Kier molecular flexibility index (Phi) is 5.76. The molecule has 1 atom stereocenters. The van der Waals surface area contributed by atoms with Crippen molar-refractivity contribution in [1.29, 1.82) is 0 Å². The number of rotatable bonds is 5. The van der Waals surface area contributed by atoms with Crippen LogP contribution in [0.5, 0.6) is 0 Å². The number of halogens is 1. The number of hydrogen-bond acceptors (Lipinski definition) is 5. The summed E-state index contributed by atoms with van der Waals surface area (Å²) >= 11 is 4.69. The second-order valence-electron chi connectivity index (χ2n) is 6.88. The van der Waals surface area contributed by atoms with E-state index in [1.54, 1.807) is 57.4 Å².